The van der Waals surface area contributed by atoms with Crippen LogP contribution in [0, 0.1) is 0 Å². The Hall–Kier alpha value is -1.48. The Balaban J connectivity index is 3.39. The zero-order chi connectivity index (χ0) is 13.5. The first-order chi connectivity index (χ1) is 7.61. The van der Waals surface area contributed by atoms with E-state index in [1.807, 2.05) is 0 Å². The van der Waals surface area contributed by atoms with E-state index in [1.54, 1.807) is 0 Å². The fourth-order valence-electron chi connectivity index (χ4n) is 1.33. The Bertz CT molecular complexity index is 352. The second-order valence-electron chi connectivity index (χ2n) is 3.32. The first-order valence-electron chi connectivity index (χ1n) is 4.28. The molecule has 0 aromatic rings. The molecule has 17 heavy (non-hydrogen) atoms. The molecule has 1 fully saturated rings. The monoisotopic (exact) mass is 262 g/mol. The van der Waals surface area contributed by atoms with Gasteiger partial charge < -0.3 is 5.84 Å². The van der Waals surface area contributed by atoms with Crippen LogP contribution in [0.2, 0.25) is 0 Å². The molecule has 1 aliphatic heterocycles. The third-order valence-electron chi connectivity index (χ3n) is 2.31. The van der Waals surface area contributed by atoms with Crippen molar-refractivity contribution >= 4 is 12.6 Å². The number of halogens is 6. The summed E-state index contributed by atoms with van der Waals surface area (Å²) in [6.07, 6.45) is -1.52. The van der Waals surface area contributed by atoms with Gasteiger partial charge in [0, 0.05) is 19.7 Å². The average molecular weight is 262 g/mol. The molecule has 0 saturated carbocycles. The molecule has 1 rings (SSSR count). The fourth-order valence-corrected chi connectivity index (χ4v) is 1.33. The minimum atomic E-state index is -5.60. The fraction of sp³-hybridized carbons (Fsp3) is 0.714. The molecular formula is C7H8F6N4. The summed E-state index contributed by atoms with van der Waals surface area (Å²) < 4.78 is 78.5. The third-order valence-corrected chi connectivity index (χ3v) is 2.31. The number of rotatable bonds is 1. The second kappa shape index (κ2) is 3.77. The molecule has 4 nitrogen and oxygen atoms in total. The summed E-state index contributed by atoms with van der Waals surface area (Å²) >= 11 is 0. The van der Waals surface area contributed by atoms with Gasteiger partial charge >= 0.3 is 17.8 Å². The van der Waals surface area contributed by atoms with Gasteiger partial charge in [0.1, 0.15) is 0 Å². The molecule has 0 aromatic carbocycles. The lowest BCUT2D eigenvalue weighted by atomic mass is 10.0. The molecule has 0 atom stereocenters. The summed E-state index contributed by atoms with van der Waals surface area (Å²) in [7, 11) is 0. The maximum atomic E-state index is 13.3. The van der Waals surface area contributed by atoms with Crippen LogP contribution in [-0.4, -0.2) is 41.9 Å². The van der Waals surface area contributed by atoms with Gasteiger partial charge in [-0.1, -0.05) is 0 Å². The highest BCUT2D eigenvalue weighted by Gasteiger charge is 2.75. The van der Waals surface area contributed by atoms with Crippen molar-refractivity contribution in [3.63, 3.8) is 0 Å². The van der Waals surface area contributed by atoms with Crippen molar-refractivity contribution < 1.29 is 26.3 Å². The highest BCUT2D eigenvalue weighted by Crippen LogP contribution is 2.50. The Morgan fingerprint density at radius 3 is 2.12 bits per heavy atom. The van der Waals surface area contributed by atoms with Crippen molar-refractivity contribution in [3.8, 4) is 0 Å². The molecule has 0 unspecified atom stereocenters. The molecule has 1 saturated heterocycles. The predicted octanol–water partition coefficient (Wildman–Crippen LogP) is 1.49. The smallest absolute Gasteiger partial charge is 0.321 e. The minimum Gasteiger partial charge on any atom is -0.321 e. The molecule has 0 bridgehead atoms. The van der Waals surface area contributed by atoms with Gasteiger partial charge in [-0.3, -0.25) is 0 Å². The van der Waals surface area contributed by atoms with E-state index in [-0.39, 0.29) is 5.01 Å². The van der Waals surface area contributed by atoms with E-state index in [1.165, 1.54) is 0 Å². The van der Waals surface area contributed by atoms with Crippen LogP contribution in [0.15, 0.2) is 10.2 Å². The maximum absolute atomic E-state index is 13.3. The Morgan fingerprint density at radius 2 is 1.71 bits per heavy atom. The average Bonchev–Trinajstić information content (AvgIpc) is 2.26. The van der Waals surface area contributed by atoms with Gasteiger partial charge in [-0.25, -0.2) is 5.01 Å². The van der Waals surface area contributed by atoms with Crippen molar-refractivity contribution in [2.75, 3.05) is 6.54 Å². The second-order valence-corrected chi connectivity index (χ2v) is 3.32. The van der Waals surface area contributed by atoms with Crippen LogP contribution in [0.1, 0.15) is 6.42 Å². The molecular weight excluding hydrogens is 254 g/mol. The van der Waals surface area contributed by atoms with Gasteiger partial charge in [-0.05, 0) is 0 Å². The van der Waals surface area contributed by atoms with Gasteiger partial charge in [-0.2, -0.15) is 36.5 Å². The van der Waals surface area contributed by atoms with E-state index < -0.39 is 36.6 Å². The molecule has 0 aliphatic carbocycles. The topological polar surface area (TPSA) is 54.0 Å². The molecule has 1 heterocycles. The molecule has 1 aliphatic rings. The predicted molar refractivity (Wildman–Crippen MR) is 47.3 cm³/mol. The Labute approximate surface area is 91.7 Å². The van der Waals surface area contributed by atoms with E-state index in [9.17, 15) is 26.3 Å². The van der Waals surface area contributed by atoms with Gasteiger partial charge in [0.25, 0.3) is 0 Å². The van der Waals surface area contributed by atoms with Crippen molar-refractivity contribution in [1.29, 1.82) is 0 Å². The van der Waals surface area contributed by atoms with E-state index in [0.717, 1.165) is 0 Å². The number of nitrogens with two attached hydrogens (primary N) is 1. The zero-order valence-electron chi connectivity index (χ0n) is 8.31. The highest BCUT2D eigenvalue weighted by molar-refractivity contribution is 5.90. The number of hydrogen-bond donors (Lipinski definition) is 1. The van der Waals surface area contributed by atoms with E-state index in [4.69, 9.17) is 0 Å². The number of alkyl halides is 6. The van der Waals surface area contributed by atoms with Crippen LogP contribution < -0.4 is 5.84 Å². The quantitative estimate of drug-likeness (QED) is 0.337. The van der Waals surface area contributed by atoms with Crippen molar-refractivity contribution in [1.82, 2.24) is 5.01 Å². The van der Waals surface area contributed by atoms with Crippen LogP contribution in [0.25, 0.3) is 0 Å². The maximum Gasteiger partial charge on any atom is 0.379 e. The van der Waals surface area contributed by atoms with Gasteiger partial charge in [0.05, 0.1) is 0 Å². The Morgan fingerprint density at radius 1 is 1.18 bits per heavy atom. The SMILES string of the molecule is C=NN1CCC(F)(F)C(F)(F)C(F)(F)/C1=N/N. The lowest BCUT2D eigenvalue weighted by molar-refractivity contribution is -0.283. The van der Waals surface area contributed by atoms with Crippen molar-refractivity contribution in [3.05, 3.63) is 0 Å². The third kappa shape index (κ3) is 1.71. The normalized spacial score (nSPS) is 28.8. The van der Waals surface area contributed by atoms with Crippen LogP contribution >= 0.6 is 0 Å². The van der Waals surface area contributed by atoms with E-state index in [0.29, 0.717) is 0 Å². The first-order valence-corrected chi connectivity index (χ1v) is 4.28. The molecule has 98 valence electrons. The summed E-state index contributed by atoms with van der Waals surface area (Å²) in [4.78, 5) is 0. The van der Waals surface area contributed by atoms with Crippen LogP contribution in [0.3, 0.4) is 0 Å². The summed E-state index contributed by atoms with van der Waals surface area (Å²) in [5, 5.41) is 5.47. The van der Waals surface area contributed by atoms with Gasteiger partial charge in [0.2, 0.25) is 5.84 Å². The van der Waals surface area contributed by atoms with Gasteiger partial charge in [0.15, 0.2) is 0 Å². The first kappa shape index (κ1) is 13.6. The largest absolute Gasteiger partial charge is 0.379 e. The molecule has 0 spiro atoms. The summed E-state index contributed by atoms with van der Waals surface area (Å²) in [6, 6.07) is 0. The standard InChI is InChI=1S/C7H8F6N4/c1-15-17-3-2-5(8,9)7(12,13)6(10,11)4(17)16-14/h1-3,14H2/b16-4-. The lowest BCUT2D eigenvalue weighted by Gasteiger charge is -2.30. The zero-order valence-corrected chi connectivity index (χ0v) is 8.31. The number of hydrazone groups is 2. The molecule has 0 radical (unpaired) electrons. The molecule has 2 N–H and O–H groups in total. The minimum absolute atomic E-state index is 0.134. The lowest BCUT2D eigenvalue weighted by Crippen LogP contribution is -2.58. The van der Waals surface area contributed by atoms with E-state index >= 15 is 0 Å². The van der Waals surface area contributed by atoms with Crippen LogP contribution in [0.5, 0.6) is 0 Å². The molecule has 10 heteroatoms. The van der Waals surface area contributed by atoms with E-state index in [2.05, 4.69) is 22.8 Å². The number of amidine groups is 1. The molecule has 0 amide bonds. The number of nitrogens with zero attached hydrogens (tertiary/aromatic N) is 3. The van der Waals surface area contributed by atoms with Crippen LogP contribution in [0.4, 0.5) is 26.3 Å². The molecule has 0 aromatic heterocycles. The Kier molecular flexibility index (Phi) is 3.02. The highest BCUT2D eigenvalue weighted by atomic mass is 19.3. The summed E-state index contributed by atoms with van der Waals surface area (Å²) in [5.41, 5.74) is 0. The summed E-state index contributed by atoms with van der Waals surface area (Å²) in [6.45, 7) is 1.91. The van der Waals surface area contributed by atoms with Crippen molar-refractivity contribution in [2.24, 2.45) is 16.0 Å². The number of hydrogen-bond acceptors (Lipinski definition) is 3. The van der Waals surface area contributed by atoms with Crippen molar-refractivity contribution in [2.45, 2.75) is 24.2 Å². The van der Waals surface area contributed by atoms with Crippen LogP contribution in [-0.2, 0) is 0 Å². The summed E-state index contributed by atoms with van der Waals surface area (Å²) in [5.74, 6) is -12.9. The van der Waals surface area contributed by atoms with Gasteiger partial charge in [-0.15, -0.1) is 0 Å².